The van der Waals surface area contributed by atoms with E-state index in [-0.39, 0.29) is 6.04 Å². The van der Waals surface area contributed by atoms with Crippen LogP contribution in [0.1, 0.15) is 25.7 Å². The van der Waals surface area contributed by atoms with Crippen molar-refractivity contribution >= 4 is 5.78 Å². The van der Waals surface area contributed by atoms with Crippen LogP contribution >= 0.6 is 0 Å². The highest BCUT2D eigenvalue weighted by atomic mass is 16.1. The lowest BCUT2D eigenvalue weighted by atomic mass is 9.99. The average molecular weight is 139 g/mol. The summed E-state index contributed by atoms with van der Waals surface area (Å²) in [4.78, 5) is 11.2. The second-order valence-electron chi connectivity index (χ2n) is 3.41. The summed E-state index contributed by atoms with van der Waals surface area (Å²) in [6.07, 6.45) is 4.50. The Labute approximate surface area is 61.0 Å². The highest BCUT2D eigenvalue weighted by Gasteiger charge is 2.30. The highest BCUT2D eigenvalue weighted by Crippen LogP contribution is 2.33. The number of rotatable bonds is 3. The fraction of sp³-hybridized carbons (Fsp3) is 0.875. The molecule has 0 bridgehead atoms. The van der Waals surface area contributed by atoms with Crippen LogP contribution < -0.4 is 5.32 Å². The molecule has 1 atom stereocenters. The molecular formula is C8H13NO. The van der Waals surface area contributed by atoms with Gasteiger partial charge in [0.2, 0.25) is 0 Å². The Kier molecular flexibility index (Phi) is 1.49. The van der Waals surface area contributed by atoms with Gasteiger partial charge in [-0.25, -0.2) is 0 Å². The zero-order valence-electron chi connectivity index (χ0n) is 6.10. The number of ketones is 1. The Morgan fingerprint density at radius 3 is 2.50 bits per heavy atom. The number of nitrogens with one attached hydrogen (secondary N) is 1. The van der Waals surface area contributed by atoms with Crippen molar-refractivity contribution in [3.8, 4) is 0 Å². The standard InChI is InChI=1S/C8H13NO/c10-8(5-6-1-2-6)7-3-4-9-7/h6-7,9H,1-5H2. The van der Waals surface area contributed by atoms with Crippen molar-refractivity contribution in [2.75, 3.05) is 6.54 Å². The molecule has 1 saturated heterocycles. The van der Waals surface area contributed by atoms with Crippen molar-refractivity contribution in [1.29, 1.82) is 0 Å². The topological polar surface area (TPSA) is 29.1 Å². The Hall–Kier alpha value is -0.370. The van der Waals surface area contributed by atoms with Gasteiger partial charge >= 0.3 is 0 Å². The average Bonchev–Trinajstić information content (AvgIpc) is 2.43. The second-order valence-corrected chi connectivity index (χ2v) is 3.41. The minimum atomic E-state index is 0.237. The largest absolute Gasteiger partial charge is 0.307 e. The van der Waals surface area contributed by atoms with Crippen molar-refractivity contribution in [1.82, 2.24) is 5.32 Å². The Bertz CT molecular complexity index is 147. The second kappa shape index (κ2) is 2.35. The minimum absolute atomic E-state index is 0.237. The molecule has 1 heterocycles. The number of carbonyl (C=O) groups is 1. The van der Waals surface area contributed by atoms with E-state index in [4.69, 9.17) is 0 Å². The van der Waals surface area contributed by atoms with Crippen LogP contribution in [0, 0.1) is 5.92 Å². The minimum Gasteiger partial charge on any atom is -0.307 e. The van der Waals surface area contributed by atoms with E-state index >= 15 is 0 Å². The molecule has 0 radical (unpaired) electrons. The predicted molar refractivity (Wildman–Crippen MR) is 38.8 cm³/mol. The summed E-state index contributed by atoms with van der Waals surface area (Å²) >= 11 is 0. The summed E-state index contributed by atoms with van der Waals surface area (Å²) in [7, 11) is 0. The van der Waals surface area contributed by atoms with Crippen LogP contribution in [0.2, 0.25) is 0 Å². The molecule has 1 aliphatic heterocycles. The van der Waals surface area contributed by atoms with Gasteiger partial charge in [0.1, 0.15) is 5.78 Å². The highest BCUT2D eigenvalue weighted by molar-refractivity contribution is 5.85. The van der Waals surface area contributed by atoms with Gasteiger partial charge in [0.25, 0.3) is 0 Å². The zero-order chi connectivity index (χ0) is 6.97. The quantitative estimate of drug-likeness (QED) is 0.624. The first-order chi connectivity index (χ1) is 4.86. The molecule has 0 aromatic rings. The van der Waals surface area contributed by atoms with Gasteiger partial charge in [0, 0.05) is 6.42 Å². The third-order valence-corrected chi connectivity index (χ3v) is 2.40. The number of hydrogen-bond donors (Lipinski definition) is 1. The Morgan fingerprint density at radius 2 is 2.10 bits per heavy atom. The van der Waals surface area contributed by atoms with Crippen LogP contribution in [0.5, 0.6) is 0 Å². The molecule has 1 N–H and O–H groups in total. The lowest BCUT2D eigenvalue weighted by molar-refractivity contribution is -0.122. The van der Waals surface area contributed by atoms with Crippen molar-refractivity contribution in [3.05, 3.63) is 0 Å². The van der Waals surface area contributed by atoms with Crippen molar-refractivity contribution in [3.63, 3.8) is 0 Å². The van der Waals surface area contributed by atoms with Gasteiger partial charge in [-0.2, -0.15) is 0 Å². The normalized spacial score (nSPS) is 31.4. The van der Waals surface area contributed by atoms with Crippen LogP contribution in [0.4, 0.5) is 0 Å². The summed E-state index contributed by atoms with van der Waals surface area (Å²) in [5.41, 5.74) is 0. The molecular weight excluding hydrogens is 126 g/mol. The summed E-state index contributed by atoms with van der Waals surface area (Å²) in [5, 5.41) is 3.13. The molecule has 2 heteroatoms. The fourth-order valence-corrected chi connectivity index (χ4v) is 1.31. The van der Waals surface area contributed by atoms with Gasteiger partial charge in [0.15, 0.2) is 0 Å². The molecule has 0 aromatic carbocycles. The van der Waals surface area contributed by atoms with Crippen LogP contribution in [0.25, 0.3) is 0 Å². The number of carbonyl (C=O) groups excluding carboxylic acids is 1. The number of Topliss-reactive ketones (excluding diaryl/α,β-unsaturated/α-hetero) is 1. The van der Waals surface area contributed by atoms with E-state index in [1.807, 2.05) is 0 Å². The monoisotopic (exact) mass is 139 g/mol. The maximum atomic E-state index is 11.2. The fourth-order valence-electron chi connectivity index (χ4n) is 1.31. The van der Waals surface area contributed by atoms with E-state index in [1.54, 1.807) is 0 Å². The maximum absolute atomic E-state index is 11.2. The van der Waals surface area contributed by atoms with E-state index in [1.165, 1.54) is 12.8 Å². The third-order valence-electron chi connectivity index (χ3n) is 2.40. The van der Waals surface area contributed by atoms with Crippen LogP contribution in [-0.2, 0) is 4.79 Å². The Morgan fingerprint density at radius 1 is 1.40 bits per heavy atom. The van der Waals surface area contributed by atoms with Crippen molar-refractivity contribution in [2.45, 2.75) is 31.7 Å². The Balaban J connectivity index is 1.74. The molecule has 2 rings (SSSR count). The molecule has 1 saturated carbocycles. The molecule has 2 aliphatic rings. The molecule has 0 aromatic heterocycles. The van der Waals surface area contributed by atoms with Gasteiger partial charge in [-0.3, -0.25) is 4.79 Å². The van der Waals surface area contributed by atoms with Gasteiger partial charge in [0.05, 0.1) is 6.04 Å². The van der Waals surface area contributed by atoms with E-state index in [0.29, 0.717) is 5.78 Å². The van der Waals surface area contributed by atoms with E-state index in [0.717, 1.165) is 25.3 Å². The SMILES string of the molecule is O=C(CC1CC1)C1CCN1. The summed E-state index contributed by atoms with van der Waals surface area (Å²) < 4.78 is 0. The summed E-state index contributed by atoms with van der Waals surface area (Å²) in [6, 6.07) is 0.237. The molecule has 1 aliphatic carbocycles. The van der Waals surface area contributed by atoms with E-state index < -0.39 is 0 Å². The van der Waals surface area contributed by atoms with Gasteiger partial charge < -0.3 is 5.32 Å². The summed E-state index contributed by atoms with van der Waals surface area (Å²) in [5.74, 6) is 1.21. The first kappa shape index (κ1) is 6.35. The molecule has 2 nitrogen and oxygen atoms in total. The molecule has 56 valence electrons. The molecule has 2 fully saturated rings. The molecule has 0 spiro atoms. The van der Waals surface area contributed by atoms with Gasteiger partial charge in [-0.1, -0.05) is 0 Å². The first-order valence-electron chi connectivity index (χ1n) is 4.12. The molecule has 10 heavy (non-hydrogen) atoms. The maximum Gasteiger partial charge on any atom is 0.150 e. The lowest BCUT2D eigenvalue weighted by Crippen LogP contribution is -2.48. The van der Waals surface area contributed by atoms with E-state index in [9.17, 15) is 4.79 Å². The predicted octanol–water partition coefficient (Wildman–Crippen LogP) is 0.718. The third kappa shape index (κ3) is 1.21. The van der Waals surface area contributed by atoms with Crippen LogP contribution in [0.15, 0.2) is 0 Å². The lowest BCUT2D eigenvalue weighted by Gasteiger charge is -2.25. The summed E-state index contributed by atoms with van der Waals surface area (Å²) in [6.45, 7) is 1.04. The van der Waals surface area contributed by atoms with Crippen molar-refractivity contribution < 1.29 is 4.79 Å². The van der Waals surface area contributed by atoms with Crippen LogP contribution in [0.3, 0.4) is 0 Å². The van der Waals surface area contributed by atoms with Gasteiger partial charge in [-0.15, -0.1) is 0 Å². The zero-order valence-corrected chi connectivity index (χ0v) is 6.10. The first-order valence-corrected chi connectivity index (χ1v) is 4.12. The molecule has 0 amide bonds. The van der Waals surface area contributed by atoms with Crippen molar-refractivity contribution in [2.24, 2.45) is 5.92 Å². The van der Waals surface area contributed by atoms with E-state index in [2.05, 4.69) is 5.32 Å². The van der Waals surface area contributed by atoms with Gasteiger partial charge in [-0.05, 0) is 31.7 Å². The molecule has 1 unspecified atom stereocenters. The number of hydrogen-bond acceptors (Lipinski definition) is 2. The van der Waals surface area contributed by atoms with Crippen LogP contribution in [-0.4, -0.2) is 18.4 Å². The smallest absolute Gasteiger partial charge is 0.150 e.